The first kappa shape index (κ1) is 11.9. The molecule has 1 fully saturated rings. The number of hydrogen-bond acceptors (Lipinski definition) is 4. The largest absolute Gasteiger partial charge is 0.381 e. The van der Waals surface area contributed by atoms with Crippen molar-refractivity contribution in [3.05, 3.63) is 23.4 Å². The lowest BCUT2D eigenvalue weighted by molar-refractivity contribution is 0.0642. The molecule has 1 aliphatic heterocycles. The molecule has 1 aromatic rings. The van der Waals surface area contributed by atoms with Gasteiger partial charge >= 0.3 is 0 Å². The SMILES string of the molecule is C1=C(Cc2noc(CC3CCOCC3)n2)CCC1. The van der Waals surface area contributed by atoms with Gasteiger partial charge in [0.05, 0.1) is 0 Å². The molecular weight excluding hydrogens is 228 g/mol. The minimum atomic E-state index is 0.651. The van der Waals surface area contributed by atoms with E-state index in [1.807, 2.05) is 0 Å². The monoisotopic (exact) mass is 248 g/mol. The van der Waals surface area contributed by atoms with Crippen LogP contribution in [0.2, 0.25) is 0 Å². The third-order valence-corrected chi connectivity index (χ3v) is 3.83. The molecule has 0 saturated carbocycles. The van der Waals surface area contributed by atoms with Gasteiger partial charge in [-0.1, -0.05) is 16.8 Å². The van der Waals surface area contributed by atoms with Gasteiger partial charge in [0.15, 0.2) is 5.82 Å². The molecule has 3 rings (SSSR count). The second-order valence-electron chi connectivity index (χ2n) is 5.30. The Kier molecular flexibility index (Phi) is 3.74. The predicted molar refractivity (Wildman–Crippen MR) is 67.2 cm³/mol. The molecule has 0 aromatic carbocycles. The molecule has 1 aromatic heterocycles. The molecule has 2 heterocycles. The topological polar surface area (TPSA) is 48.2 Å². The van der Waals surface area contributed by atoms with Crippen LogP contribution in [-0.2, 0) is 17.6 Å². The molecule has 2 aliphatic rings. The Bertz CT molecular complexity index is 419. The van der Waals surface area contributed by atoms with Crippen LogP contribution in [0.4, 0.5) is 0 Å². The lowest BCUT2D eigenvalue weighted by Gasteiger charge is -2.19. The van der Waals surface area contributed by atoms with Crippen LogP contribution in [0.1, 0.15) is 43.8 Å². The van der Waals surface area contributed by atoms with Crippen LogP contribution in [0.25, 0.3) is 0 Å². The fraction of sp³-hybridized carbons (Fsp3) is 0.714. The maximum atomic E-state index is 5.36. The second-order valence-corrected chi connectivity index (χ2v) is 5.30. The average Bonchev–Trinajstić information content (AvgIpc) is 3.03. The third-order valence-electron chi connectivity index (χ3n) is 3.83. The Morgan fingerprint density at radius 3 is 2.94 bits per heavy atom. The molecule has 4 heteroatoms. The van der Waals surface area contributed by atoms with E-state index in [0.29, 0.717) is 5.92 Å². The summed E-state index contributed by atoms with van der Waals surface area (Å²) in [4.78, 5) is 4.51. The third kappa shape index (κ3) is 2.99. The van der Waals surface area contributed by atoms with Gasteiger partial charge in [0.2, 0.25) is 5.89 Å². The van der Waals surface area contributed by atoms with Crippen LogP contribution < -0.4 is 0 Å². The molecule has 0 N–H and O–H groups in total. The standard InChI is InChI=1S/C14H20N2O2/c1-2-4-11(3-1)9-13-15-14(18-16-13)10-12-5-7-17-8-6-12/h3,12H,1-2,4-10H2. The highest BCUT2D eigenvalue weighted by Gasteiger charge is 2.18. The van der Waals surface area contributed by atoms with E-state index < -0.39 is 0 Å². The van der Waals surface area contributed by atoms with Gasteiger partial charge in [-0.2, -0.15) is 4.98 Å². The molecule has 0 amide bonds. The second kappa shape index (κ2) is 5.65. The summed E-state index contributed by atoms with van der Waals surface area (Å²) in [7, 11) is 0. The first-order valence-corrected chi connectivity index (χ1v) is 6.97. The highest BCUT2D eigenvalue weighted by atomic mass is 16.5. The van der Waals surface area contributed by atoms with Gasteiger partial charge in [-0.15, -0.1) is 0 Å². The first-order chi connectivity index (χ1) is 8.90. The van der Waals surface area contributed by atoms with Gasteiger partial charge in [-0.25, -0.2) is 0 Å². The summed E-state index contributed by atoms with van der Waals surface area (Å²) in [6.45, 7) is 1.75. The average molecular weight is 248 g/mol. The number of ether oxygens (including phenoxy) is 1. The number of allylic oxidation sites excluding steroid dienone is 2. The zero-order chi connectivity index (χ0) is 12.2. The lowest BCUT2D eigenvalue weighted by atomic mass is 9.97. The van der Waals surface area contributed by atoms with Crippen LogP contribution in [-0.4, -0.2) is 23.4 Å². The summed E-state index contributed by atoms with van der Waals surface area (Å²) < 4.78 is 10.7. The number of rotatable bonds is 4. The predicted octanol–water partition coefficient (Wildman–Crippen LogP) is 2.69. The van der Waals surface area contributed by atoms with Crippen molar-refractivity contribution in [2.45, 2.75) is 44.9 Å². The van der Waals surface area contributed by atoms with Crippen LogP contribution in [0, 0.1) is 5.92 Å². The van der Waals surface area contributed by atoms with Crippen molar-refractivity contribution in [1.82, 2.24) is 10.1 Å². The van der Waals surface area contributed by atoms with Crippen molar-refractivity contribution in [1.29, 1.82) is 0 Å². The summed E-state index contributed by atoms with van der Waals surface area (Å²) >= 11 is 0. The van der Waals surface area contributed by atoms with E-state index in [0.717, 1.165) is 50.6 Å². The highest BCUT2D eigenvalue weighted by Crippen LogP contribution is 2.22. The summed E-state index contributed by atoms with van der Waals surface area (Å²) in [6, 6.07) is 0. The highest BCUT2D eigenvalue weighted by molar-refractivity contribution is 5.12. The molecule has 0 atom stereocenters. The fourth-order valence-corrected chi connectivity index (χ4v) is 2.74. The fourth-order valence-electron chi connectivity index (χ4n) is 2.74. The van der Waals surface area contributed by atoms with Crippen molar-refractivity contribution in [3.8, 4) is 0 Å². The smallest absolute Gasteiger partial charge is 0.226 e. The first-order valence-electron chi connectivity index (χ1n) is 6.97. The molecule has 18 heavy (non-hydrogen) atoms. The van der Waals surface area contributed by atoms with E-state index >= 15 is 0 Å². The molecule has 98 valence electrons. The zero-order valence-electron chi connectivity index (χ0n) is 10.7. The zero-order valence-corrected chi connectivity index (χ0v) is 10.7. The van der Waals surface area contributed by atoms with Gasteiger partial charge in [-0.3, -0.25) is 0 Å². The summed E-state index contributed by atoms with van der Waals surface area (Å²) in [6.07, 6.45) is 10.0. The van der Waals surface area contributed by atoms with Gasteiger partial charge in [-0.05, 0) is 38.0 Å². The molecule has 4 nitrogen and oxygen atoms in total. The van der Waals surface area contributed by atoms with Crippen molar-refractivity contribution in [3.63, 3.8) is 0 Å². The van der Waals surface area contributed by atoms with Crippen molar-refractivity contribution in [2.24, 2.45) is 5.92 Å². The quantitative estimate of drug-likeness (QED) is 0.769. The van der Waals surface area contributed by atoms with Gasteiger partial charge in [0, 0.05) is 26.1 Å². The van der Waals surface area contributed by atoms with Crippen LogP contribution in [0.5, 0.6) is 0 Å². The van der Waals surface area contributed by atoms with E-state index in [-0.39, 0.29) is 0 Å². The molecule has 0 spiro atoms. The van der Waals surface area contributed by atoms with E-state index in [9.17, 15) is 0 Å². The van der Waals surface area contributed by atoms with E-state index in [1.165, 1.54) is 24.8 Å². The Balaban J connectivity index is 1.55. The Hall–Kier alpha value is -1.16. The number of hydrogen-bond donors (Lipinski definition) is 0. The van der Waals surface area contributed by atoms with Crippen molar-refractivity contribution in [2.75, 3.05) is 13.2 Å². The molecule has 0 bridgehead atoms. The normalized spacial score (nSPS) is 21.2. The maximum Gasteiger partial charge on any atom is 0.226 e. The van der Waals surface area contributed by atoms with Crippen LogP contribution >= 0.6 is 0 Å². The van der Waals surface area contributed by atoms with Gasteiger partial charge < -0.3 is 9.26 Å². The Morgan fingerprint density at radius 2 is 2.17 bits per heavy atom. The van der Waals surface area contributed by atoms with E-state index in [4.69, 9.17) is 9.26 Å². The summed E-state index contributed by atoms with van der Waals surface area (Å²) in [5.74, 6) is 2.30. The number of aromatic nitrogens is 2. The van der Waals surface area contributed by atoms with E-state index in [2.05, 4.69) is 16.2 Å². The molecule has 1 saturated heterocycles. The minimum absolute atomic E-state index is 0.651. The lowest BCUT2D eigenvalue weighted by Crippen LogP contribution is -2.17. The Morgan fingerprint density at radius 1 is 1.28 bits per heavy atom. The van der Waals surface area contributed by atoms with Crippen LogP contribution in [0.3, 0.4) is 0 Å². The van der Waals surface area contributed by atoms with Crippen molar-refractivity contribution >= 4 is 0 Å². The van der Waals surface area contributed by atoms with Crippen molar-refractivity contribution < 1.29 is 9.26 Å². The molecule has 1 aliphatic carbocycles. The summed E-state index contributed by atoms with van der Waals surface area (Å²) in [5, 5.41) is 4.09. The maximum absolute atomic E-state index is 5.36. The molecule has 0 radical (unpaired) electrons. The summed E-state index contributed by atoms with van der Waals surface area (Å²) in [5.41, 5.74) is 1.47. The number of nitrogens with zero attached hydrogens (tertiary/aromatic N) is 2. The Labute approximate surface area is 107 Å². The van der Waals surface area contributed by atoms with Crippen LogP contribution in [0.15, 0.2) is 16.2 Å². The van der Waals surface area contributed by atoms with E-state index in [1.54, 1.807) is 0 Å². The van der Waals surface area contributed by atoms with Gasteiger partial charge in [0.1, 0.15) is 0 Å². The molecular formula is C14H20N2O2. The minimum Gasteiger partial charge on any atom is -0.381 e. The molecule has 0 unspecified atom stereocenters. The van der Waals surface area contributed by atoms with Gasteiger partial charge in [0.25, 0.3) is 0 Å².